The van der Waals surface area contributed by atoms with Gasteiger partial charge in [-0.15, -0.1) is 23.5 Å². The Hall–Kier alpha value is -0.0900. The van der Waals surface area contributed by atoms with Crippen LogP contribution in [0.3, 0.4) is 0 Å². The van der Waals surface area contributed by atoms with Gasteiger partial charge in [0.1, 0.15) is 4.91 Å². The molecule has 1 aliphatic rings. The molecule has 1 rings (SSSR count). The minimum atomic E-state index is -0.142. The first-order valence-electron chi connectivity index (χ1n) is 4.45. The van der Waals surface area contributed by atoms with Crippen molar-refractivity contribution in [1.82, 2.24) is 0 Å². The molecule has 0 unspecified atom stereocenters. The molecule has 0 spiro atoms. The van der Waals surface area contributed by atoms with Crippen molar-refractivity contribution in [3.8, 4) is 0 Å². The second-order valence-corrected chi connectivity index (χ2v) is 4.82. The monoisotopic (exact) mass is 218 g/mol. The van der Waals surface area contributed by atoms with Gasteiger partial charge in [-0.1, -0.05) is 6.92 Å². The highest BCUT2D eigenvalue weighted by Gasteiger charge is 2.20. The quantitative estimate of drug-likeness (QED) is 0.680. The third-order valence-corrected chi connectivity index (χ3v) is 4.39. The zero-order valence-corrected chi connectivity index (χ0v) is 9.59. The van der Waals surface area contributed by atoms with Crippen LogP contribution in [0.25, 0.3) is 0 Å². The van der Waals surface area contributed by atoms with E-state index >= 15 is 0 Å². The summed E-state index contributed by atoms with van der Waals surface area (Å²) in [7, 11) is 0. The molecule has 1 heterocycles. The van der Waals surface area contributed by atoms with Gasteiger partial charge in [0.15, 0.2) is 0 Å². The van der Waals surface area contributed by atoms with Gasteiger partial charge in [0.25, 0.3) is 0 Å². The maximum atomic E-state index is 11.5. The van der Waals surface area contributed by atoms with E-state index in [1.807, 2.05) is 6.92 Å². The highest BCUT2D eigenvalue weighted by molar-refractivity contribution is 8.10. The Bertz CT molecular complexity index is 224. The summed E-state index contributed by atoms with van der Waals surface area (Å²) < 4.78 is 4.98. The highest BCUT2D eigenvalue weighted by Crippen LogP contribution is 2.36. The first kappa shape index (κ1) is 11.0. The molecule has 0 bridgehead atoms. The van der Waals surface area contributed by atoms with Crippen LogP contribution in [-0.2, 0) is 9.53 Å². The Morgan fingerprint density at radius 3 is 2.69 bits per heavy atom. The third kappa shape index (κ3) is 2.95. The zero-order valence-electron chi connectivity index (χ0n) is 7.96. The molecule has 0 N–H and O–H groups in total. The fraction of sp³-hybridized carbons (Fsp3) is 0.667. The van der Waals surface area contributed by atoms with E-state index in [1.54, 1.807) is 23.5 Å². The van der Waals surface area contributed by atoms with Gasteiger partial charge in [0.05, 0.1) is 6.61 Å². The van der Waals surface area contributed by atoms with Gasteiger partial charge in [-0.25, -0.2) is 4.79 Å². The summed E-state index contributed by atoms with van der Waals surface area (Å²) in [6.45, 7) is 4.38. The fourth-order valence-corrected chi connectivity index (χ4v) is 3.46. The van der Waals surface area contributed by atoms with E-state index in [-0.39, 0.29) is 5.97 Å². The lowest BCUT2D eigenvalue weighted by molar-refractivity contribution is -0.137. The Balaban J connectivity index is 2.72. The normalized spacial score (nSPS) is 17.4. The molecule has 0 radical (unpaired) electrons. The van der Waals surface area contributed by atoms with E-state index in [0.29, 0.717) is 6.61 Å². The summed E-state index contributed by atoms with van der Waals surface area (Å²) in [5.74, 6) is 1.98. The average Bonchev–Trinajstić information content (AvgIpc) is 2.18. The fourth-order valence-electron chi connectivity index (χ4n) is 1.09. The van der Waals surface area contributed by atoms with Crippen LogP contribution < -0.4 is 0 Å². The Morgan fingerprint density at radius 1 is 1.38 bits per heavy atom. The Morgan fingerprint density at radius 2 is 2.08 bits per heavy atom. The molecular weight excluding hydrogens is 204 g/mol. The number of ether oxygens (including phenoxy) is 1. The molecule has 0 amide bonds. The van der Waals surface area contributed by atoms with Gasteiger partial charge in [0.2, 0.25) is 0 Å². The lowest BCUT2D eigenvalue weighted by Gasteiger charge is -2.16. The van der Waals surface area contributed by atoms with Crippen molar-refractivity contribution in [3.05, 3.63) is 9.81 Å². The first-order chi connectivity index (χ1) is 6.29. The van der Waals surface area contributed by atoms with E-state index < -0.39 is 0 Å². The number of esters is 1. The molecule has 0 saturated carbocycles. The molecule has 2 nitrogen and oxygen atoms in total. The topological polar surface area (TPSA) is 26.3 Å². The van der Waals surface area contributed by atoms with Gasteiger partial charge >= 0.3 is 5.97 Å². The second kappa shape index (κ2) is 5.60. The molecule has 0 saturated heterocycles. The number of carbonyl (C=O) groups is 1. The van der Waals surface area contributed by atoms with Crippen LogP contribution in [-0.4, -0.2) is 24.1 Å². The summed E-state index contributed by atoms with van der Waals surface area (Å²) in [4.78, 5) is 13.5. The van der Waals surface area contributed by atoms with Gasteiger partial charge < -0.3 is 4.74 Å². The summed E-state index contributed by atoms with van der Waals surface area (Å²) in [5, 5.41) is 0. The molecule has 1 aliphatic heterocycles. The third-order valence-electron chi connectivity index (χ3n) is 1.64. The van der Waals surface area contributed by atoms with Crippen LogP contribution in [0.2, 0.25) is 0 Å². The molecular formula is C9H14O2S2. The van der Waals surface area contributed by atoms with E-state index in [2.05, 4.69) is 6.92 Å². The van der Waals surface area contributed by atoms with E-state index in [1.165, 1.54) is 4.91 Å². The first-order valence-corrected chi connectivity index (χ1v) is 6.42. The maximum absolute atomic E-state index is 11.5. The van der Waals surface area contributed by atoms with Gasteiger partial charge in [-0.3, -0.25) is 0 Å². The van der Waals surface area contributed by atoms with Crippen LogP contribution in [0.5, 0.6) is 0 Å². The van der Waals surface area contributed by atoms with Crippen molar-refractivity contribution in [3.63, 3.8) is 0 Å². The van der Waals surface area contributed by atoms with E-state index in [4.69, 9.17) is 4.74 Å². The maximum Gasteiger partial charge on any atom is 0.345 e. The minimum Gasteiger partial charge on any atom is -0.462 e. The number of rotatable bonds is 3. The molecule has 0 fully saturated rings. The van der Waals surface area contributed by atoms with E-state index in [0.717, 1.165) is 22.8 Å². The predicted molar refractivity (Wildman–Crippen MR) is 58.9 cm³/mol. The van der Waals surface area contributed by atoms with Gasteiger partial charge in [0, 0.05) is 16.4 Å². The van der Waals surface area contributed by atoms with Crippen molar-refractivity contribution in [1.29, 1.82) is 0 Å². The van der Waals surface area contributed by atoms with Gasteiger partial charge in [-0.05, 0) is 13.3 Å². The highest BCUT2D eigenvalue weighted by atomic mass is 32.2. The van der Waals surface area contributed by atoms with Crippen molar-refractivity contribution in [2.45, 2.75) is 20.3 Å². The molecule has 0 aromatic heterocycles. The van der Waals surface area contributed by atoms with Crippen LogP contribution in [0.1, 0.15) is 20.3 Å². The smallest absolute Gasteiger partial charge is 0.345 e. The van der Waals surface area contributed by atoms with Crippen molar-refractivity contribution in [2.24, 2.45) is 0 Å². The number of allylic oxidation sites excluding steroid dienone is 1. The van der Waals surface area contributed by atoms with E-state index in [9.17, 15) is 4.79 Å². The number of hydrogen-bond acceptors (Lipinski definition) is 4. The largest absolute Gasteiger partial charge is 0.462 e. The summed E-state index contributed by atoms with van der Waals surface area (Å²) >= 11 is 3.41. The van der Waals surface area contributed by atoms with Crippen molar-refractivity contribution >= 4 is 29.5 Å². The molecule has 0 atom stereocenters. The molecule has 74 valence electrons. The predicted octanol–water partition coefficient (Wildman–Crippen LogP) is 2.65. The summed E-state index contributed by atoms with van der Waals surface area (Å²) in [6, 6.07) is 0. The molecule has 13 heavy (non-hydrogen) atoms. The standard InChI is InChI=1S/C9H14O2S2/c1-3-7-8(9(10)11-4-2)13-6-5-12-7/h3-6H2,1-2H3. The average molecular weight is 218 g/mol. The zero-order chi connectivity index (χ0) is 9.68. The lowest BCUT2D eigenvalue weighted by atomic mass is 10.4. The summed E-state index contributed by atoms with van der Waals surface area (Å²) in [5.41, 5.74) is 0. The lowest BCUT2D eigenvalue weighted by Crippen LogP contribution is -2.10. The number of thioether (sulfide) groups is 2. The van der Waals surface area contributed by atoms with Crippen LogP contribution in [0.15, 0.2) is 9.81 Å². The Kier molecular flexibility index (Phi) is 4.73. The SMILES string of the molecule is CCOC(=O)C1=C(CC)SCCS1. The van der Waals surface area contributed by atoms with Crippen molar-refractivity contribution < 1.29 is 9.53 Å². The summed E-state index contributed by atoms with van der Waals surface area (Å²) in [6.07, 6.45) is 0.936. The number of carbonyl (C=O) groups excluding carboxylic acids is 1. The van der Waals surface area contributed by atoms with Gasteiger partial charge in [-0.2, -0.15) is 0 Å². The Labute approximate surface area is 87.5 Å². The molecule has 0 aliphatic carbocycles. The minimum absolute atomic E-state index is 0.142. The second-order valence-electron chi connectivity index (χ2n) is 2.52. The van der Waals surface area contributed by atoms with Crippen LogP contribution >= 0.6 is 23.5 Å². The van der Waals surface area contributed by atoms with Crippen LogP contribution in [0.4, 0.5) is 0 Å². The molecule has 0 aromatic rings. The molecule has 0 aromatic carbocycles. The molecule has 4 heteroatoms. The van der Waals surface area contributed by atoms with Crippen molar-refractivity contribution in [2.75, 3.05) is 18.1 Å². The van der Waals surface area contributed by atoms with Crippen LogP contribution in [0, 0.1) is 0 Å². The number of hydrogen-bond donors (Lipinski definition) is 0.